The van der Waals surface area contributed by atoms with Crippen molar-refractivity contribution in [1.29, 1.82) is 0 Å². The lowest BCUT2D eigenvalue weighted by Crippen LogP contribution is -2.59. The fraction of sp³-hybridized carbons (Fsp3) is 0.400. The molecule has 2 fully saturated rings. The third kappa shape index (κ3) is 4.83. The number of nitrogens with one attached hydrogen (secondary N) is 1. The van der Waals surface area contributed by atoms with Gasteiger partial charge >= 0.3 is 0 Å². The van der Waals surface area contributed by atoms with E-state index in [-0.39, 0.29) is 18.0 Å². The number of amides is 1. The number of ether oxygens (including phenoxy) is 1. The Bertz CT molecular complexity index is 1040. The number of benzene rings is 2. The Kier molecular flexibility index (Phi) is 5.90. The lowest BCUT2D eigenvalue weighted by atomic mass is 10.0. The van der Waals surface area contributed by atoms with Crippen molar-refractivity contribution in [2.45, 2.75) is 44.3 Å². The van der Waals surface area contributed by atoms with Crippen LogP contribution in [0.4, 0.5) is 0 Å². The van der Waals surface area contributed by atoms with Crippen LogP contribution in [0.5, 0.6) is 5.75 Å². The molecule has 2 aromatic carbocycles. The second kappa shape index (κ2) is 9.12. The smallest absolute Gasteiger partial charge is 0.273 e. The van der Waals surface area contributed by atoms with E-state index in [2.05, 4.69) is 63.9 Å². The van der Waals surface area contributed by atoms with Gasteiger partial charge in [-0.2, -0.15) is 0 Å². The summed E-state index contributed by atoms with van der Waals surface area (Å²) < 4.78 is 7.70. The molecule has 2 aliphatic rings. The number of carbonyl (C=O) groups excluding carboxylic acids is 1. The minimum Gasteiger partial charge on any atom is -0.493 e. The number of likely N-dealkylation sites (tertiary alicyclic amines) is 1. The second-order valence-corrected chi connectivity index (χ2v) is 8.77. The summed E-state index contributed by atoms with van der Waals surface area (Å²) in [4.78, 5) is 14.8. The molecule has 1 atom stereocenters. The Morgan fingerprint density at radius 1 is 1.12 bits per heavy atom. The molecule has 5 rings (SSSR count). The number of rotatable bonds is 9. The molecule has 1 amide bonds. The largest absolute Gasteiger partial charge is 0.493 e. The van der Waals surface area contributed by atoms with E-state index in [4.69, 9.17) is 4.74 Å². The molecule has 1 N–H and O–H groups in total. The Balaban J connectivity index is 1.06. The van der Waals surface area contributed by atoms with Crippen LogP contribution >= 0.6 is 0 Å². The Morgan fingerprint density at radius 3 is 2.59 bits per heavy atom. The van der Waals surface area contributed by atoms with Gasteiger partial charge in [-0.1, -0.05) is 47.7 Å². The highest BCUT2D eigenvalue weighted by atomic mass is 16.5. The van der Waals surface area contributed by atoms with Crippen molar-refractivity contribution in [3.63, 3.8) is 0 Å². The molecule has 1 saturated carbocycles. The average Bonchev–Trinajstić information content (AvgIpc) is 3.53. The van der Waals surface area contributed by atoms with Crippen LogP contribution in [-0.4, -0.2) is 51.5 Å². The molecule has 2 heterocycles. The zero-order chi connectivity index (χ0) is 21.9. The fourth-order valence-corrected chi connectivity index (χ4v) is 4.06. The highest BCUT2D eigenvalue weighted by Gasteiger charge is 2.33. The van der Waals surface area contributed by atoms with Crippen LogP contribution < -0.4 is 10.1 Å². The van der Waals surface area contributed by atoms with Gasteiger partial charge < -0.3 is 10.1 Å². The summed E-state index contributed by atoms with van der Waals surface area (Å²) in [6, 6.07) is 19.6. The number of hydrogen-bond acceptors (Lipinski definition) is 5. The number of nitrogens with zero attached hydrogens (tertiary/aromatic N) is 4. The Hall–Kier alpha value is -3.19. The van der Waals surface area contributed by atoms with Gasteiger partial charge in [0.15, 0.2) is 5.69 Å². The Labute approximate surface area is 188 Å². The standard InChI is InChI=1S/C25H29N5O2/c1-18(20-7-11-23(12-8-20)32-14-13-19-5-3-2-4-6-19)29-15-21(16-29)26-25(31)24-17-30(28-27-24)22-9-10-22/h2-8,11-12,17-18,21-22H,9-10,13-16H2,1H3,(H,26,31). The molecular formula is C25H29N5O2. The molecule has 1 aliphatic heterocycles. The summed E-state index contributed by atoms with van der Waals surface area (Å²) in [5.41, 5.74) is 2.94. The predicted octanol–water partition coefficient (Wildman–Crippen LogP) is 3.41. The first-order chi connectivity index (χ1) is 15.7. The Morgan fingerprint density at radius 2 is 1.88 bits per heavy atom. The molecule has 0 radical (unpaired) electrons. The molecule has 7 nitrogen and oxygen atoms in total. The molecule has 0 spiro atoms. The monoisotopic (exact) mass is 431 g/mol. The zero-order valence-electron chi connectivity index (χ0n) is 18.4. The summed E-state index contributed by atoms with van der Waals surface area (Å²) in [7, 11) is 0. The normalized spacial score (nSPS) is 17.5. The zero-order valence-corrected chi connectivity index (χ0v) is 18.4. The van der Waals surface area contributed by atoms with E-state index in [0.29, 0.717) is 18.3 Å². The van der Waals surface area contributed by atoms with Crippen molar-refractivity contribution in [3.8, 4) is 5.75 Å². The van der Waals surface area contributed by atoms with Gasteiger partial charge in [0.2, 0.25) is 0 Å². The van der Waals surface area contributed by atoms with E-state index >= 15 is 0 Å². The van der Waals surface area contributed by atoms with Crippen LogP contribution in [0.15, 0.2) is 60.8 Å². The average molecular weight is 432 g/mol. The van der Waals surface area contributed by atoms with E-state index in [1.807, 2.05) is 18.2 Å². The molecule has 0 bridgehead atoms. The summed E-state index contributed by atoms with van der Waals surface area (Å²) in [5.74, 6) is 0.760. The van der Waals surface area contributed by atoms with Gasteiger partial charge in [-0.15, -0.1) is 5.10 Å². The van der Waals surface area contributed by atoms with Gasteiger partial charge in [0.05, 0.1) is 24.9 Å². The van der Waals surface area contributed by atoms with Gasteiger partial charge in [0, 0.05) is 25.6 Å². The quantitative estimate of drug-likeness (QED) is 0.562. The third-order valence-corrected chi connectivity index (χ3v) is 6.32. The van der Waals surface area contributed by atoms with Crippen molar-refractivity contribution in [1.82, 2.24) is 25.2 Å². The molecule has 32 heavy (non-hydrogen) atoms. The molecule has 3 aromatic rings. The van der Waals surface area contributed by atoms with Crippen LogP contribution in [0, 0.1) is 0 Å². The second-order valence-electron chi connectivity index (χ2n) is 8.77. The van der Waals surface area contributed by atoms with E-state index in [1.54, 1.807) is 10.9 Å². The molecule has 166 valence electrons. The molecular weight excluding hydrogens is 402 g/mol. The molecule has 7 heteroatoms. The van der Waals surface area contributed by atoms with Crippen molar-refractivity contribution < 1.29 is 9.53 Å². The predicted molar refractivity (Wildman–Crippen MR) is 122 cm³/mol. The number of carbonyl (C=O) groups is 1. The number of hydrogen-bond donors (Lipinski definition) is 1. The maximum Gasteiger partial charge on any atom is 0.273 e. The molecule has 1 unspecified atom stereocenters. The lowest BCUT2D eigenvalue weighted by Gasteiger charge is -2.43. The molecule has 1 aliphatic carbocycles. The highest BCUT2D eigenvalue weighted by Crippen LogP contribution is 2.33. The number of aromatic nitrogens is 3. The van der Waals surface area contributed by atoms with Gasteiger partial charge in [0.1, 0.15) is 5.75 Å². The summed E-state index contributed by atoms with van der Waals surface area (Å²) >= 11 is 0. The van der Waals surface area contributed by atoms with E-state index in [1.165, 1.54) is 11.1 Å². The maximum absolute atomic E-state index is 12.4. The maximum atomic E-state index is 12.4. The van der Waals surface area contributed by atoms with Crippen molar-refractivity contribution in [2.75, 3.05) is 19.7 Å². The first kappa shape index (κ1) is 20.7. The minimum atomic E-state index is -0.133. The van der Waals surface area contributed by atoms with E-state index in [0.717, 1.165) is 38.1 Å². The van der Waals surface area contributed by atoms with Gasteiger partial charge in [-0.3, -0.25) is 9.69 Å². The summed E-state index contributed by atoms with van der Waals surface area (Å²) in [5, 5.41) is 11.1. The topological polar surface area (TPSA) is 72.3 Å². The fourth-order valence-electron chi connectivity index (χ4n) is 4.06. The van der Waals surface area contributed by atoms with Crippen molar-refractivity contribution in [3.05, 3.63) is 77.6 Å². The van der Waals surface area contributed by atoms with Gasteiger partial charge in [0.25, 0.3) is 5.91 Å². The summed E-state index contributed by atoms with van der Waals surface area (Å²) in [6.07, 6.45) is 4.91. The SMILES string of the molecule is CC(c1ccc(OCCc2ccccc2)cc1)N1CC(NC(=O)c2cn(C3CC3)nn2)C1. The molecule has 1 aromatic heterocycles. The first-order valence-corrected chi connectivity index (χ1v) is 11.4. The lowest BCUT2D eigenvalue weighted by molar-refractivity contribution is 0.0672. The van der Waals surface area contributed by atoms with Crippen LogP contribution in [0.25, 0.3) is 0 Å². The minimum absolute atomic E-state index is 0.133. The summed E-state index contributed by atoms with van der Waals surface area (Å²) in [6.45, 7) is 4.53. The van der Waals surface area contributed by atoms with Crippen molar-refractivity contribution >= 4 is 5.91 Å². The van der Waals surface area contributed by atoms with Crippen molar-refractivity contribution in [2.24, 2.45) is 0 Å². The molecule has 1 saturated heterocycles. The third-order valence-electron chi connectivity index (χ3n) is 6.32. The van der Waals surface area contributed by atoms with E-state index < -0.39 is 0 Å². The van der Waals surface area contributed by atoms with Crippen LogP contribution in [0.3, 0.4) is 0 Å². The first-order valence-electron chi connectivity index (χ1n) is 11.4. The van der Waals surface area contributed by atoms with Crippen LogP contribution in [0.2, 0.25) is 0 Å². The van der Waals surface area contributed by atoms with Crippen LogP contribution in [-0.2, 0) is 6.42 Å². The van der Waals surface area contributed by atoms with E-state index in [9.17, 15) is 4.79 Å². The van der Waals surface area contributed by atoms with Crippen LogP contribution in [0.1, 0.15) is 53.5 Å². The van der Waals surface area contributed by atoms with Gasteiger partial charge in [-0.25, -0.2) is 4.68 Å². The van der Waals surface area contributed by atoms with Gasteiger partial charge in [-0.05, 0) is 43.0 Å². The highest BCUT2D eigenvalue weighted by molar-refractivity contribution is 5.92.